The molecule has 2 fully saturated rings. The fraction of sp³-hybridized carbons (Fsp3) is 0.464. The summed E-state index contributed by atoms with van der Waals surface area (Å²) in [5, 5.41) is 16.8. The van der Waals surface area contributed by atoms with Crippen LogP contribution in [0.4, 0.5) is 0 Å². The maximum Gasteiger partial charge on any atom is 0.252 e. The van der Waals surface area contributed by atoms with Crippen LogP contribution >= 0.6 is 0 Å². The molecule has 2 amide bonds. The molecule has 1 aromatic heterocycles. The lowest BCUT2D eigenvalue weighted by Crippen LogP contribution is -2.50. The third kappa shape index (κ3) is 5.07. The largest absolute Gasteiger partial charge is 0.353 e. The van der Waals surface area contributed by atoms with Gasteiger partial charge in [0.25, 0.3) is 5.91 Å². The molecule has 1 saturated carbocycles. The Labute approximate surface area is 223 Å². The van der Waals surface area contributed by atoms with Crippen molar-refractivity contribution in [2.24, 2.45) is 17.0 Å². The Morgan fingerprint density at radius 3 is 2.58 bits per heavy atom. The number of hydrogen-bond donors (Lipinski definition) is 3. The lowest BCUT2D eigenvalue weighted by Gasteiger charge is -2.32. The van der Waals surface area contributed by atoms with Gasteiger partial charge in [0.05, 0.1) is 34.1 Å². The van der Waals surface area contributed by atoms with E-state index in [0.29, 0.717) is 22.3 Å². The Morgan fingerprint density at radius 1 is 1.16 bits per heavy atom. The summed E-state index contributed by atoms with van der Waals surface area (Å²) in [6.07, 6.45) is 6.91. The predicted octanol–water partition coefficient (Wildman–Crippen LogP) is 3.66. The number of rotatable bonds is 6. The number of fused-ring (bicyclic) bond motifs is 1. The number of aromatic nitrogens is 2. The monoisotopic (exact) mass is 537 g/mol. The minimum absolute atomic E-state index is 0.0420. The average Bonchev–Trinajstić information content (AvgIpc) is 3.52. The molecule has 1 saturated heterocycles. The van der Waals surface area contributed by atoms with Crippen molar-refractivity contribution in [3.05, 3.63) is 47.7 Å². The lowest BCUT2D eigenvalue weighted by molar-refractivity contribution is -0.129. The molecule has 202 valence electrons. The van der Waals surface area contributed by atoms with Crippen molar-refractivity contribution in [3.8, 4) is 11.1 Å². The number of nitrogens with one attached hydrogen (secondary N) is 2. The average molecular weight is 538 g/mol. The maximum absolute atomic E-state index is 13.6. The number of piperidine rings is 1. The van der Waals surface area contributed by atoms with Gasteiger partial charge in [-0.2, -0.15) is 5.10 Å². The van der Waals surface area contributed by atoms with Gasteiger partial charge in [0.15, 0.2) is 0 Å². The zero-order valence-electron chi connectivity index (χ0n) is 22.0. The summed E-state index contributed by atoms with van der Waals surface area (Å²) in [7, 11) is -3.91. The molecule has 9 nitrogen and oxygen atoms in total. The normalized spacial score (nSPS) is 22.5. The van der Waals surface area contributed by atoms with Crippen molar-refractivity contribution in [2.75, 3.05) is 6.54 Å². The summed E-state index contributed by atoms with van der Waals surface area (Å²) in [4.78, 5) is 26.2. The van der Waals surface area contributed by atoms with Crippen molar-refractivity contribution in [3.63, 3.8) is 0 Å². The molecule has 38 heavy (non-hydrogen) atoms. The fourth-order valence-electron chi connectivity index (χ4n) is 6.01. The van der Waals surface area contributed by atoms with Crippen LogP contribution < -0.4 is 15.8 Å². The fourth-order valence-corrected chi connectivity index (χ4v) is 6.81. The standard InChI is InChI=1S/C28H35N5O4S/c1-16-8-9-19(13-26(16)38(29,36)37)20-11-22(24-15-31-33(25(24)12-20)21-6-4-5-7-21)27(34)30-14-23-17(2)10-18(3)32-28(23)35/h8-9,11-13,15,17-18,21,23H,4-7,10,14H2,1-3H3,(H,30,34)(H,32,35)(H2,29,36,37). The summed E-state index contributed by atoms with van der Waals surface area (Å²) in [5.41, 5.74) is 3.17. The zero-order chi connectivity index (χ0) is 27.2. The van der Waals surface area contributed by atoms with Gasteiger partial charge >= 0.3 is 0 Å². The Kier molecular flexibility index (Phi) is 7.04. The van der Waals surface area contributed by atoms with E-state index in [0.717, 1.165) is 43.0 Å². The van der Waals surface area contributed by atoms with Crippen LogP contribution in [-0.2, 0) is 14.8 Å². The third-order valence-corrected chi connectivity index (χ3v) is 9.13. The van der Waals surface area contributed by atoms with Gasteiger partial charge in [0, 0.05) is 18.0 Å². The van der Waals surface area contributed by atoms with Crippen LogP contribution in [0.3, 0.4) is 0 Å². The van der Waals surface area contributed by atoms with Crippen molar-refractivity contribution in [1.29, 1.82) is 0 Å². The number of primary sulfonamides is 1. The number of aryl methyl sites for hydroxylation is 1. The van der Waals surface area contributed by atoms with E-state index in [2.05, 4.69) is 15.7 Å². The topological polar surface area (TPSA) is 136 Å². The van der Waals surface area contributed by atoms with Crippen LogP contribution in [0.2, 0.25) is 0 Å². The summed E-state index contributed by atoms with van der Waals surface area (Å²) < 4.78 is 26.4. The number of hydrogen-bond acceptors (Lipinski definition) is 5. The van der Waals surface area contributed by atoms with Crippen molar-refractivity contribution >= 4 is 32.7 Å². The molecule has 3 unspecified atom stereocenters. The van der Waals surface area contributed by atoms with Crippen LogP contribution in [0.25, 0.3) is 22.0 Å². The van der Waals surface area contributed by atoms with Gasteiger partial charge in [0.1, 0.15) is 0 Å². The zero-order valence-corrected chi connectivity index (χ0v) is 22.8. The highest BCUT2D eigenvalue weighted by Crippen LogP contribution is 2.35. The highest BCUT2D eigenvalue weighted by molar-refractivity contribution is 7.89. The maximum atomic E-state index is 13.6. The van der Waals surface area contributed by atoms with E-state index in [1.54, 1.807) is 31.3 Å². The van der Waals surface area contributed by atoms with E-state index in [1.165, 1.54) is 0 Å². The summed E-state index contributed by atoms with van der Waals surface area (Å²) >= 11 is 0. The van der Waals surface area contributed by atoms with Gasteiger partial charge < -0.3 is 10.6 Å². The predicted molar refractivity (Wildman–Crippen MR) is 146 cm³/mol. The second-order valence-electron chi connectivity index (χ2n) is 10.9. The minimum atomic E-state index is -3.91. The van der Waals surface area contributed by atoms with Crippen molar-refractivity contribution in [2.45, 2.75) is 69.9 Å². The molecule has 1 aliphatic heterocycles. The summed E-state index contributed by atoms with van der Waals surface area (Å²) in [6, 6.07) is 9.22. The third-order valence-electron chi connectivity index (χ3n) is 8.08. The number of amides is 2. The van der Waals surface area contributed by atoms with Crippen LogP contribution in [0.5, 0.6) is 0 Å². The molecule has 10 heteroatoms. The molecule has 0 radical (unpaired) electrons. The number of nitrogens with zero attached hydrogens (tertiary/aromatic N) is 2. The first-order valence-corrected chi connectivity index (χ1v) is 14.8. The molecule has 1 aliphatic carbocycles. The first kappa shape index (κ1) is 26.4. The van der Waals surface area contributed by atoms with E-state index in [9.17, 15) is 18.0 Å². The van der Waals surface area contributed by atoms with Gasteiger partial charge in [-0.3, -0.25) is 14.3 Å². The molecule has 2 heterocycles. The molecule has 2 aromatic carbocycles. The van der Waals surface area contributed by atoms with E-state index >= 15 is 0 Å². The van der Waals surface area contributed by atoms with E-state index in [4.69, 9.17) is 5.14 Å². The molecule has 4 N–H and O–H groups in total. The van der Waals surface area contributed by atoms with E-state index < -0.39 is 10.0 Å². The highest BCUT2D eigenvalue weighted by Gasteiger charge is 2.32. The molecule has 0 spiro atoms. The van der Waals surface area contributed by atoms with Gasteiger partial charge in [-0.25, -0.2) is 13.6 Å². The Morgan fingerprint density at radius 2 is 1.89 bits per heavy atom. The molecule has 3 aromatic rings. The lowest BCUT2D eigenvalue weighted by atomic mass is 9.84. The van der Waals surface area contributed by atoms with E-state index in [1.807, 2.05) is 30.7 Å². The van der Waals surface area contributed by atoms with Crippen LogP contribution in [0, 0.1) is 18.8 Å². The van der Waals surface area contributed by atoms with Crippen molar-refractivity contribution in [1.82, 2.24) is 20.4 Å². The summed E-state index contributed by atoms with van der Waals surface area (Å²) in [6.45, 7) is 5.96. The minimum Gasteiger partial charge on any atom is -0.353 e. The number of nitrogens with two attached hydrogens (primary N) is 1. The first-order valence-electron chi connectivity index (χ1n) is 13.3. The Bertz CT molecular complexity index is 1510. The van der Waals surface area contributed by atoms with Crippen LogP contribution in [0.1, 0.15) is 67.9 Å². The SMILES string of the molecule is Cc1ccc(-c2cc(C(=O)NCC3C(=O)NC(C)CC3C)c3cnn(C4CCCC4)c3c2)cc1S(N)(=O)=O. The quantitative estimate of drug-likeness (QED) is 0.441. The number of carbonyl (C=O) groups is 2. The number of sulfonamides is 1. The second-order valence-corrected chi connectivity index (χ2v) is 12.5. The molecule has 3 atom stereocenters. The Hall–Kier alpha value is -3.24. The van der Waals surface area contributed by atoms with Crippen LogP contribution in [-0.4, -0.2) is 42.6 Å². The molecular weight excluding hydrogens is 502 g/mol. The van der Waals surface area contributed by atoms with E-state index in [-0.39, 0.29) is 47.2 Å². The number of carbonyl (C=O) groups excluding carboxylic acids is 2. The molecule has 2 aliphatic rings. The van der Waals surface area contributed by atoms with Crippen LogP contribution in [0.15, 0.2) is 41.4 Å². The first-order chi connectivity index (χ1) is 18.0. The number of benzene rings is 2. The molecular formula is C28H35N5O4S. The Balaban J connectivity index is 1.55. The highest BCUT2D eigenvalue weighted by atomic mass is 32.2. The molecule has 0 bridgehead atoms. The van der Waals surface area contributed by atoms with Gasteiger partial charge in [-0.1, -0.05) is 31.9 Å². The van der Waals surface area contributed by atoms with Gasteiger partial charge in [-0.15, -0.1) is 0 Å². The van der Waals surface area contributed by atoms with Gasteiger partial charge in [-0.05, 0) is 73.9 Å². The molecule has 5 rings (SSSR count). The van der Waals surface area contributed by atoms with Gasteiger partial charge in [0.2, 0.25) is 15.9 Å². The second kappa shape index (κ2) is 10.1. The van der Waals surface area contributed by atoms with Crippen molar-refractivity contribution < 1.29 is 18.0 Å². The smallest absolute Gasteiger partial charge is 0.252 e. The summed E-state index contributed by atoms with van der Waals surface area (Å²) in [5.74, 6) is -0.482.